The minimum Gasteiger partial charge on any atom is -0.497 e. The first-order valence-electron chi connectivity index (χ1n) is 7.88. The van der Waals surface area contributed by atoms with Crippen LogP contribution in [0.2, 0.25) is 0 Å². The van der Waals surface area contributed by atoms with Gasteiger partial charge in [0.1, 0.15) is 17.3 Å². The van der Waals surface area contributed by atoms with Gasteiger partial charge in [0, 0.05) is 6.54 Å². The number of nitrogens with one attached hydrogen (secondary N) is 1. The molecule has 0 saturated heterocycles. The lowest BCUT2D eigenvalue weighted by Gasteiger charge is -2.25. The summed E-state index contributed by atoms with van der Waals surface area (Å²) in [4.78, 5) is 14.4. The highest BCUT2D eigenvalue weighted by Crippen LogP contribution is 2.22. The molecule has 1 N–H and O–H groups in total. The number of hydrogen-bond acceptors (Lipinski definition) is 4. The van der Waals surface area contributed by atoms with Gasteiger partial charge in [-0.2, -0.15) is 0 Å². The second kappa shape index (κ2) is 8.48. The van der Waals surface area contributed by atoms with E-state index in [1.807, 2.05) is 43.3 Å². The molecule has 0 saturated carbocycles. The van der Waals surface area contributed by atoms with Gasteiger partial charge in [-0.1, -0.05) is 12.1 Å². The van der Waals surface area contributed by atoms with E-state index in [1.54, 1.807) is 7.11 Å². The molecule has 134 valence electrons. The normalized spacial score (nSPS) is 11.9. The molecule has 2 rings (SSSR count). The summed E-state index contributed by atoms with van der Waals surface area (Å²) in [7, 11) is 6.93. The summed E-state index contributed by atoms with van der Waals surface area (Å²) in [6.07, 6.45) is 0. The Kier molecular flexibility index (Phi) is 6.36. The summed E-state index contributed by atoms with van der Waals surface area (Å²) in [5.41, 5.74) is 1.21. The third-order valence-electron chi connectivity index (χ3n) is 3.99. The van der Waals surface area contributed by atoms with Crippen molar-refractivity contribution in [2.75, 3.05) is 34.9 Å². The van der Waals surface area contributed by atoms with Crippen LogP contribution in [0.4, 0.5) is 4.39 Å². The van der Waals surface area contributed by atoms with Crippen molar-refractivity contribution < 1.29 is 18.7 Å². The molecule has 0 heterocycles. The van der Waals surface area contributed by atoms with E-state index in [1.165, 1.54) is 25.3 Å². The zero-order valence-electron chi connectivity index (χ0n) is 14.9. The summed E-state index contributed by atoms with van der Waals surface area (Å²) in [5.74, 6) is 0.251. The lowest BCUT2D eigenvalue weighted by atomic mass is 10.1. The second-order valence-corrected chi connectivity index (χ2v) is 5.81. The zero-order chi connectivity index (χ0) is 18.4. The molecule has 1 amide bonds. The molecule has 0 radical (unpaired) electrons. The van der Waals surface area contributed by atoms with Crippen LogP contribution in [0.1, 0.15) is 22.0 Å². The van der Waals surface area contributed by atoms with Gasteiger partial charge in [-0.25, -0.2) is 4.39 Å². The Hall–Kier alpha value is -2.60. The quantitative estimate of drug-likeness (QED) is 0.838. The average molecular weight is 346 g/mol. The van der Waals surface area contributed by atoms with Crippen molar-refractivity contribution in [1.82, 2.24) is 10.2 Å². The van der Waals surface area contributed by atoms with Crippen molar-refractivity contribution in [3.63, 3.8) is 0 Å². The summed E-state index contributed by atoms with van der Waals surface area (Å²) in [6.45, 7) is 0.373. The highest BCUT2D eigenvalue weighted by atomic mass is 19.1. The van der Waals surface area contributed by atoms with Gasteiger partial charge < -0.3 is 19.7 Å². The van der Waals surface area contributed by atoms with Gasteiger partial charge in [0.15, 0.2) is 0 Å². The molecule has 6 heteroatoms. The van der Waals surface area contributed by atoms with E-state index in [-0.39, 0.29) is 17.5 Å². The first kappa shape index (κ1) is 18.7. The zero-order valence-corrected chi connectivity index (χ0v) is 14.9. The fourth-order valence-electron chi connectivity index (χ4n) is 2.57. The fourth-order valence-corrected chi connectivity index (χ4v) is 2.57. The lowest BCUT2D eigenvalue weighted by Crippen LogP contribution is -2.34. The van der Waals surface area contributed by atoms with Crippen molar-refractivity contribution >= 4 is 5.91 Å². The number of likely N-dealkylation sites (N-methyl/N-ethyl adjacent to an activating group) is 1. The van der Waals surface area contributed by atoms with Gasteiger partial charge in [-0.15, -0.1) is 0 Å². The van der Waals surface area contributed by atoms with E-state index in [2.05, 4.69) is 5.32 Å². The van der Waals surface area contributed by atoms with Crippen molar-refractivity contribution in [2.24, 2.45) is 0 Å². The molecule has 5 nitrogen and oxygen atoms in total. The van der Waals surface area contributed by atoms with Gasteiger partial charge >= 0.3 is 0 Å². The number of amides is 1. The second-order valence-electron chi connectivity index (χ2n) is 5.81. The monoisotopic (exact) mass is 346 g/mol. The number of benzene rings is 2. The molecule has 0 spiro atoms. The molecule has 0 aliphatic heterocycles. The summed E-state index contributed by atoms with van der Waals surface area (Å²) < 4.78 is 23.8. The van der Waals surface area contributed by atoms with Crippen molar-refractivity contribution in [3.05, 3.63) is 59.4 Å². The molecule has 2 aromatic carbocycles. The molecule has 0 aliphatic carbocycles. The Morgan fingerprint density at radius 1 is 1.12 bits per heavy atom. The molecule has 0 fully saturated rings. The lowest BCUT2D eigenvalue weighted by molar-refractivity contribution is 0.0938. The minimum atomic E-state index is -0.481. The number of carbonyl (C=O) groups excluding carboxylic acids is 1. The molecule has 0 aliphatic rings. The van der Waals surface area contributed by atoms with Crippen molar-refractivity contribution in [3.8, 4) is 11.5 Å². The van der Waals surface area contributed by atoms with Gasteiger partial charge in [0.05, 0.1) is 25.8 Å². The number of carbonyl (C=O) groups is 1. The smallest absolute Gasteiger partial charge is 0.255 e. The van der Waals surface area contributed by atoms with E-state index in [0.717, 1.165) is 11.3 Å². The molecular weight excluding hydrogens is 323 g/mol. The van der Waals surface area contributed by atoms with E-state index in [9.17, 15) is 9.18 Å². The number of methoxy groups -OCH3 is 2. The van der Waals surface area contributed by atoms with Crippen LogP contribution in [0.15, 0.2) is 42.5 Å². The van der Waals surface area contributed by atoms with Crippen LogP contribution < -0.4 is 14.8 Å². The maximum absolute atomic E-state index is 13.5. The molecule has 2 aromatic rings. The Morgan fingerprint density at radius 2 is 1.80 bits per heavy atom. The topological polar surface area (TPSA) is 50.8 Å². The summed E-state index contributed by atoms with van der Waals surface area (Å²) in [6, 6.07) is 11.5. The minimum absolute atomic E-state index is 0.0330. The summed E-state index contributed by atoms with van der Waals surface area (Å²) >= 11 is 0. The van der Waals surface area contributed by atoms with Gasteiger partial charge in [0.2, 0.25) is 0 Å². The van der Waals surface area contributed by atoms with Crippen LogP contribution in [-0.2, 0) is 0 Å². The Labute approximate surface area is 147 Å². The van der Waals surface area contributed by atoms with Gasteiger partial charge in [-0.05, 0) is 50.0 Å². The SMILES string of the molecule is COc1ccc(C(CNC(=O)c2cc(F)ccc2OC)N(C)C)cc1. The molecule has 0 aromatic heterocycles. The standard InChI is InChI=1S/C19H23FN2O3/c1-22(2)17(13-5-8-15(24-3)9-6-13)12-21-19(23)16-11-14(20)7-10-18(16)25-4/h5-11,17H,12H2,1-4H3,(H,21,23). The van der Waals surface area contributed by atoms with Crippen LogP contribution in [0.25, 0.3) is 0 Å². The number of halogens is 1. The van der Waals surface area contributed by atoms with Crippen molar-refractivity contribution in [2.45, 2.75) is 6.04 Å². The Balaban J connectivity index is 2.13. The molecule has 1 unspecified atom stereocenters. The van der Waals surface area contributed by atoms with Gasteiger partial charge in [-0.3, -0.25) is 4.79 Å². The van der Waals surface area contributed by atoms with E-state index in [4.69, 9.17) is 9.47 Å². The Morgan fingerprint density at radius 3 is 2.36 bits per heavy atom. The van der Waals surface area contributed by atoms with Crippen LogP contribution in [0.5, 0.6) is 11.5 Å². The van der Waals surface area contributed by atoms with E-state index >= 15 is 0 Å². The Bertz CT molecular complexity index is 717. The number of ether oxygens (including phenoxy) is 2. The highest BCUT2D eigenvalue weighted by Gasteiger charge is 2.18. The third-order valence-corrected chi connectivity index (χ3v) is 3.99. The van der Waals surface area contributed by atoms with Crippen LogP contribution in [-0.4, -0.2) is 45.7 Å². The van der Waals surface area contributed by atoms with Crippen LogP contribution >= 0.6 is 0 Å². The maximum Gasteiger partial charge on any atom is 0.255 e. The molecule has 0 bridgehead atoms. The predicted molar refractivity (Wildman–Crippen MR) is 94.7 cm³/mol. The summed E-state index contributed by atoms with van der Waals surface area (Å²) in [5, 5.41) is 2.85. The first-order chi connectivity index (χ1) is 12.0. The number of nitrogens with zero attached hydrogens (tertiary/aromatic N) is 1. The predicted octanol–water partition coefficient (Wildman–Crippen LogP) is 2.88. The van der Waals surface area contributed by atoms with E-state index < -0.39 is 5.82 Å². The van der Waals surface area contributed by atoms with Crippen LogP contribution in [0, 0.1) is 5.82 Å². The number of rotatable bonds is 7. The van der Waals surface area contributed by atoms with E-state index in [0.29, 0.717) is 12.3 Å². The average Bonchev–Trinajstić information content (AvgIpc) is 2.62. The van der Waals surface area contributed by atoms with Gasteiger partial charge in [0.25, 0.3) is 5.91 Å². The molecule has 25 heavy (non-hydrogen) atoms. The fraction of sp³-hybridized carbons (Fsp3) is 0.316. The first-order valence-corrected chi connectivity index (χ1v) is 7.88. The highest BCUT2D eigenvalue weighted by molar-refractivity contribution is 5.96. The largest absolute Gasteiger partial charge is 0.497 e. The third kappa shape index (κ3) is 4.70. The van der Waals surface area contributed by atoms with Crippen LogP contribution in [0.3, 0.4) is 0 Å². The van der Waals surface area contributed by atoms with Crippen molar-refractivity contribution in [1.29, 1.82) is 0 Å². The molecular formula is C19H23FN2O3. The molecule has 1 atom stereocenters. The number of hydrogen-bond donors (Lipinski definition) is 1. The maximum atomic E-state index is 13.5.